The Labute approximate surface area is 105 Å². The number of nitrogens with one attached hydrogen (secondary N) is 2. The minimum absolute atomic E-state index is 0.200. The van der Waals surface area contributed by atoms with Gasteiger partial charge in [0.05, 0.1) is 18.3 Å². The van der Waals surface area contributed by atoms with Crippen LogP contribution in [0.3, 0.4) is 0 Å². The summed E-state index contributed by atoms with van der Waals surface area (Å²) in [6.07, 6.45) is 3.64. The van der Waals surface area contributed by atoms with E-state index in [1.807, 2.05) is 4.68 Å². The number of hydrogen-bond acceptors (Lipinski definition) is 4. The minimum Gasteiger partial charge on any atom is -0.312 e. The van der Waals surface area contributed by atoms with Crippen LogP contribution < -0.4 is 10.6 Å². The van der Waals surface area contributed by atoms with E-state index in [0.29, 0.717) is 11.9 Å². The van der Waals surface area contributed by atoms with Gasteiger partial charge in [0.2, 0.25) is 5.91 Å². The predicted octanol–water partition coefficient (Wildman–Crippen LogP) is 0.516. The molecule has 6 heteroatoms. The molecule has 1 aromatic heterocycles. The lowest BCUT2D eigenvalue weighted by Crippen LogP contribution is -2.44. The molecule has 1 aliphatic heterocycles. The van der Waals surface area contributed by atoms with E-state index in [2.05, 4.69) is 21.8 Å². The maximum absolute atomic E-state index is 12.0. The Balaban J connectivity index is 1.70. The van der Waals surface area contributed by atoms with Gasteiger partial charge in [0.25, 0.3) is 0 Å². The van der Waals surface area contributed by atoms with Gasteiger partial charge >= 0.3 is 0 Å². The zero-order chi connectivity index (χ0) is 12.5. The topological polar surface area (TPSA) is 82.7 Å². The Morgan fingerprint density at radius 3 is 2.94 bits per heavy atom. The second-order valence-electron chi connectivity index (χ2n) is 4.91. The van der Waals surface area contributed by atoms with E-state index < -0.39 is 5.92 Å². The highest BCUT2D eigenvalue weighted by atomic mass is 16.2. The lowest BCUT2D eigenvalue weighted by molar-refractivity contribution is -0.118. The van der Waals surface area contributed by atoms with Gasteiger partial charge in [-0.1, -0.05) is 0 Å². The number of nitriles is 1. The molecule has 18 heavy (non-hydrogen) atoms. The van der Waals surface area contributed by atoms with Crippen molar-refractivity contribution in [2.75, 3.05) is 18.4 Å². The Morgan fingerprint density at radius 1 is 1.61 bits per heavy atom. The highest BCUT2D eigenvalue weighted by Gasteiger charge is 2.36. The molecule has 3 rings (SSSR count). The molecule has 0 spiro atoms. The fraction of sp³-hybridized carbons (Fsp3) is 0.583. The summed E-state index contributed by atoms with van der Waals surface area (Å²) in [5.41, 5.74) is 0. The van der Waals surface area contributed by atoms with Crippen LogP contribution in [0.2, 0.25) is 0 Å². The molecule has 1 atom stereocenters. The molecule has 0 aromatic carbocycles. The number of aromatic nitrogens is 2. The minimum atomic E-state index is -0.520. The predicted molar refractivity (Wildman–Crippen MR) is 64.6 cm³/mol. The fourth-order valence-corrected chi connectivity index (χ4v) is 2.16. The summed E-state index contributed by atoms with van der Waals surface area (Å²) in [5, 5.41) is 19.2. The number of anilines is 1. The van der Waals surface area contributed by atoms with E-state index in [1.165, 1.54) is 0 Å². The van der Waals surface area contributed by atoms with Gasteiger partial charge in [0.15, 0.2) is 0 Å². The third-order valence-corrected chi connectivity index (χ3v) is 3.54. The van der Waals surface area contributed by atoms with Gasteiger partial charge in [0, 0.05) is 19.2 Å². The van der Waals surface area contributed by atoms with Gasteiger partial charge in [-0.15, -0.1) is 0 Å². The van der Waals surface area contributed by atoms with E-state index >= 15 is 0 Å². The fourth-order valence-electron chi connectivity index (χ4n) is 2.16. The number of rotatable bonds is 4. The van der Waals surface area contributed by atoms with Crippen LogP contribution in [-0.2, 0) is 4.79 Å². The zero-order valence-corrected chi connectivity index (χ0v) is 9.97. The van der Waals surface area contributed by atoms with Crippen LogP contribution in [0.4, 0.5) is 5.82 Å². The largest absolute Gasteiger partial charge is 0.312 e. The van der Waals surface area contributed by atoms with Crippen molar-refractivity contribution in [1.82, 2.24) is 15.1 Å². The van der Waals surface area contributed by atoms with Crippen LogP contribution in [0.1, 0.15) is 18.9 Å². The van der Waals surface area contributed by atoms with Gasteiger partial charge in [0.1, 0.15) is 11.7 Å². The first-order valence-corrected chi connectivity index (χ1v) is 6.24. The van der Waals surface area contributed by atoms with Crippen molar-refractivity contribution in [2.45, 2.75) is 18.9 Å². The lowest BCUT2D eigenvalue weighted by atomic mass is 10.1. The van der Waals surface area contributed by atoms with E-state index in [0.717, 1.165) is 25.9 Å². The summed E-state index contributed by atoms with van der Waals surface area (Å²) < 4.78 is 1.82. The molecule has 2 fully saturated rings. The van der Waals surface area contributed by atoms with E-state index in [4.69, 9.17) is 5.26 Å². The summed E-state index contributed by atoms with van der Waals surface area (Å²) >= 11 is 0. The van der Waals surface area contributed by atoms with Crippen molar-refractivity contribution in [3.63, 3.8) is 0 Å². The molecule has 0 bridgehead atoms. The van der Waals surface area contributed by atoms with Gasteiger partial charge in [-0.3, -0.25) is 4.79 Å². The molecule has 1 aliphatic carbocycles. The quantitative estimate of drug-likeness (QED) is 0.810. The first-order valence-electron chi connectivity index (χ1n) is 6.24. The molecule has 94 valence electrons. The second-order valence-corrected chi connectivity index (χ2v) is 4.91. The van der Waals surface area contributed by atoms with Crippen molar-refractivity contribution < 1.29 is 4.79 Å². The Morgan fingerprint density at radius 2 is 2.39 bits per heavy atom. The van der Waals surface area contributed by atoms with Crippen LogP contribution in [0.15, 0.2) is 12.3 Å². The number of carbonyl (C=O) groups is 1. The van der Waals surface area contributed by atoms with Crippen LogP contribution in [-0.4, -0.2) is 28.8 Å². The molecule has 1 saturated carbocycles. The lowest BCUT2D eigenvalue weighted by Gasteiger charge is -2.28. The highest BCUT2D eigenvalue weighted by Crippen LogP contribution is 2.37. The molecular formula is C12H15N5O. The monoisotopic (exact) mass is 245 g/mol. The number of hydrogen-bond donors (Lipinski definition) is 2. The summed E-state index contributed by atoms with van der Waals surface area (Å²) in [4.78, 5) is 12.0. The number of nitrogens with zero attached hydrogens (tertiary/aromatic N) is 3. The summed E-state index contributed by atoms with van der Waals surface area (Å²) in [6, 6.07) is 4.18. The standard InChI is InChI=1S/C12H15N5O/c13-5-10(8-1-2-8)12(18)16-11-3-4-15-17(11)9-6-14-7-9/h3-4,8-10,14H,1-2,6-7H2,(H,16,18). The molecule has 0 radical (unpaired) electrons. The zero-order valence-electron chi connectivity index (χ0n) is 9.97. The number of amides is 1. The van der Waals surface area contributed by atoms with Gasteiger partial charge in [-0.25, -0.2) is 4.68 Å². The number of carbonyl (C=O) groups excluding carboxylic acids is 1. The summed E-state index contributed by atoms with van der Waals surface area (Å²) in [7, 11) is 0. The molecule has 1 unspecified atom stereocenters. The van der Waals surface area contributed by atoms with Crippen molar-refractivity contribution in [3.8, 4) is 6.07 Å². The van der Waals surface area contributed by atoms with E-state index in [-0.39, 0.29) is 11.8 Å². The van der Waals surface area contributed by atoms with Crippen LogP contribution in [0, 0.1) is 23.2 Å². The third kappa shape index (κ3) is 1.97. The van der Waals surface area contributed by atoms with Gasteiger partial charge in [-0.2, -0.15) is 10.4 Å². The Bertz CT molecular complexity index is 495. The van der Waals surface area contributed by atoms with E-state index in [9.17, 15) is 4.79 Å². The Hall–Kier alpha value is -1.87. The smallest absolute Gasteiger partial charge is 0.243 e. The molecule has 2 N–H and O–H groups in total. The van der Waals surface area contributed by atoms with Gasteiger partial charge in [-0.05, 0) is 18.8 Å². The van der Waals surface area contributed by atoms with Crippen LogP contribution in [0.5, 0.6) is 0 Å². The SMILES string of the molecule is N#CC(C(=O)Nc1ccnn1C1CNC1)C1CC1. The van der Waals surface area contributed by atoms with Crippen molar-refractivity contribution >= 4 is 11.7 Å². The van der Waals surface area contributed by atoms with Crippen molar-refractivity contribution in [2.24, 2.45) is 11.8 Å². The maximum atomic E-state index is 12.0. The molecule has 1 aromatic rings. The second kappa shape index (κ2) is 4.42. The molecule has 6 nitrogen and oxygen atoms in total. The summed E-state index contributed by atoms with van der Waals surface area (Å²) in [5.74, 6) is 0.214. The normalized spacial score (nSPS) is 20.8. The maximum Gasteiger partial charge on any atom is 0.243 e. The first-order chi connectivity index (χ1) is 8.79. The van der Waals surface area contributed by atoms with Crippen LogP contribution in [0.25, 0.3) is 0 Å². The van der Waals surface area contributed by atoms with Crippen molar-refractivity contribution in [3.05, 3.63) is 12.3 Å². The average molecular weight is 245 g/mol. The van der Waals surface area contributed by atoms with Crippen molar-refractivity contribution in [1.29, 1.82) is 5.26 Å². The molecule has 2 aliphatic rings. The average Bonchev–Trinajstić information content (AvgIpc) is 3.01. The molecular weight excluding hydrogens is 230 g/mol. The third-order valence-electron chi connectivity index (χ3n) is 3.54. The molecule has 1 amide bonds. The highest BCUT2D eigenvalue weighted by molar-refractivity contribution is 5.93. The first kappa shape index (κ1) is 11.2. The van der Waals surface area contributed by atoms with Gasteiger partial charge < -0.3 is 10.6 Å². The van der Waals surface area contributed by atoms with E-state index in [1.54, 1.807) is 12.3 Å². The Kier molecular flexibility index (Phi) is 2.76. The molecule has 2 heterocycles. The molecule has 1 saturated heterocycles. The summed E-state index contributed by atoms with van der Waals surface area (Å²) in [6.45, 7) is 1.74. The van der Waals surface area contributed by atoms with Crippen LogP contribution >= 0.6 is 0 Å².